The summed E-state index contributed by atoms with van der Waals surface area (Å²) in [5.41, 5.74) is 0. The summed E-state index contributed by atoms with van der Waals surface area (Å²) in [6.07, 6.45) is -1.05. The van der Waals surface area contributed by atoms with E-state index in [1.165, 1.54) is 18.7 Å². The van der Waals surface area contributed by atoms with Crippen LogP contribution in [0.25, 0.3) is 0 Å². The number of carbonyl (C=O) groups is 2. The Kier molecular flexibility index (Phi) is 3.90. The summed E-state index contributed by atoms with van der Waals surface area (Å²) in [4.78, 5) is 25.7. The lowest BCUT2D eigenvalue weighted by Crippen LogP contribution is -2.27. The second-order valence-corrected chi connectivity index (χ2v) is 3.50. The average molecular weight is 218 g/mol. The highest BCUT2D eigenvalue weighted by molar-refractivity contribution is 8.14. The molecule has 1 fully saturated rings. The van der Waals surface area contributed by atoms with Crippen LogP contribution in [0.15, 0.2) is 5.16 Å². The molecule has 0 aromatic rings. The van der Waals surface area contributed by atoms with Gasteiger partial charge in [-0.25, -0.2) is 4.79 Å². The molecule has 14 heavy (non-hydrogen) atoms. The predicted octanol–water partition coefficient (Wildman–Crippen LogP) is 0.682. The van der Waals surface area contributed by atoms with Crippen molar-refractivity contribution in [3.8, 4) is 0 Å². The number of rotatable bonds is 1. The van der Waals surface area contributed by atoms with E-state index in [4.69, 9.17) is 4.74 Å². The summed E-state index contributed by atoms with van der Waals surface area (Å²) in [7, 11) is 0. The minimum absolute atomic E-state index is 0.162. The van der Waals surface area contributed by atoms with E-state index in [1.807, 2.05) is 5.32 Å². The van der Waals surface area contributed by atoms with Crippen LogP contribution in [0.3, 0.4) is 0 Å². The second kappa shape index (κ2) is 4.97. The van der Waals surface area contributed by atoms with Gasteiger partial charge in [0.25, 0.3) is 0 Å². The van der Waals surface area contributed by atoms with Crippen LogP contribution in [0.2, 0.25) is 0 Å². The van der Waals surface area contributed by atoms with Crippen molar-refractivity contribution in [2.24, 2.45) is 5.16 Å². The fraction of sp³-hybridized carbons (Fsp3) is 0.571. The van der Waals surface area contributed by atoms with Gasteiger partial charge < -0.3 is 4.74 Å². The number of nitrogens with zero attached hydrogens (tertiary/aromatic N) is 1. The molecular weight excluding hydrogens is 208 g/mol. The number of hydrogen-bond acceptors (Lipinski definition) is 6. The zero-order chi connectivity index (χ0) is 10.6. The first kappa shape index (κ1) is 11.0. The van der Waals surface area contributed by atoms with Crippen molar-refractivity contribution in [1.29, 1.82) is 0 Å². The highest BCUT2D eigenvalue weighted by atomic mass is 32.2. The van der Waals surface area contributed by atoms with Crippen molar-refractivity contribution in [3.05, 3.63) is 0 Å². The Hall–Kier alpha value is -1.08. The smallest absolute Gasteiger partial charge is 0.361 e. The number of carbonyl (C=O) groups excluding carboxylic acids is 2. The lowest BCUT2D eigenvalue weighted by Gasteiger charge is -2.00. The van der Waals surface area contributed by atoms with Gasteiger partial charge in [-0.1, -0.05) is 16.9 Å². The summed E-state index contributed by atoms with van der Waals surface area (Å²) in [5, 5.41) is 6.06. The van der Waals surface area contributed by atoms with E-state index in [0.29, 0.717) is 11.0 Å². The van der Waals surface area contributed by atoms with Crippen molar-refractivity contribution in [1.82, 2.24) is 5.32 Å². The third-order valence-electron chi connectivity index (χ3n) is 1.37. The SMILES string of the molecule is CC(=O)NC(=O)ON=C1SCOC1C. The molecule has 1 atom stereocenters. The van der Waals surface area contributed by atoms with Gasteiger partial charge in [0, 0.05) is 6.92 Å². The highest BCUT2D eigenvalue weighted by Crippen LogP contribution is 2.19. The van der Waals surface area contributed by atoms with E-state index in [2.05, 4.69) is 9.99 Å². The molecule has 0 radical (unpaired) electrons. The highest BCUT2D eigenvalue weighted by Gasteiger charge is 2.20. The Bertz CT molecular complexity index is 279. The molecule has 1 aliphatic rings. The molecule has 1 N–H and O–H groups in total. The standard InChI is InChI=1S/C7H10N2O4S/c1-4-6(14-3-12-4)9-13-7(11)8-5(2)10/h4H,3H2,1-2H3,(H,8,10,11). The fourth-order valence-corrected chi connectivity index (χ4v) is 1.52. The van der Waals surface area contributed by atoms with Crippen LogP contribution in [-0.4, -0.2) is 29.1 Å². The van der Waals surface area contributed by atoms with E-state index in [0.717, 1.165) is 0 Å². The maximum Gasteiger partial charge on any atom is 0.440 e. The van der Waals surface area contributed by atoms with E-state index in [-0.39, 0.29) is 6.10 Å². The summed E-state index contributed by atoms with van der Waals surface area (Å²) in [5.74, 6) is 0.0103. The van der Waals surface area contributed by atoms with E-state index < -0.39 is 12.0 Å². The van der Waals surface area contributed by atoms with Crippen molar-refractivity contribution in [3.63, 3.8) is 0 Å². The number of ether oxygens (including phenoxy) is 1. The molecule has 1 aliphatic heterocycles. The van der Waals surface area contributed by atoms with Crippen LogP contribution < -0.4 is 5.32 Å². The molecule has 0 aromatic heterocycles. The molecule has 1 heterocycles. The van der Waals surface area contributed by atoms with Crippen LogP contribution >= 0.6 is 11.8 Å². The maximum absolute atomic E-state index is 10.8. The largest absolute Gasteiger partial charge is 0.440 e. The first-order chi connectivity index (χ1) is 6.59. The maximum atomic E-state index is 10.8. The molecule has 2 amide bonds. The van der Waals surface area contributed by atoms with Crippen LogP contribution in [0, 0.1) is 0 Å². The zero-order valence-corrected chi connectivity index (χ0v) is 8.59. The Morgan fingerprint density at radius 1 is 1.71 bits per heavy atom. The number of amides is 2. The van der Waals surface area contributed by atoms with Gasteiger partial charge >= 0.3 is 6.09 Å². The normalized spacial score (nSPS) is 23.6. The van der Waals surface area contributed by atoms with Gasteiger partial charge in [0.15, 0.2) is 0 Å². The van der Waals surface area contributed by atoms with Crippen molar-refractivity contribution >= 4 is 28.8 Å². The third-order valence-corrected chi connectivity index (χ3v) is 2.33. The monoisotopic (exact) mass is 218 g/mol. The van der Waals surface area contributed by atoms with Gasteiger partial charge in [-0.3, -0.25) is 14.9 Å². The minimum Gasteiger partial charge on any atom is -0.361 e. The van der Waals surface area contributed by atoms with Gasteiger partial charge in [-0.15, -0.1) is 0 Å². The summed E-state index contributed by atoms with van der Waals surface area (Å²) >= 11 is 1.35. The summed E-state index contributed by atoms with van der Waals surface area (Å²) < 4.78 is 5.13. The number of imide groups is 1. The molecule has 7 heteroatoms. The van der Waals surface area contributed by atoms with Gasteiger partial charge in [0.05, 0.1) is 5.94 Å². The number of thioether (sulfide) groups is 1. The minimum atomic E-state index is -0.885. The lowest BCUT2D eigenvalue weighted by atomic mass is 10.4. The Morgan fingerprint density at radius 2 is 2.43 bits per heavy atom. The first-order valence-corrected chi connectivity index (χ1v) is 4.89. The third kappa shape index (κ3) is 3.35. The average Bonchev–Trinajstić information content (AvgIpc) is 2.46. The number of hydrogen-bond donors (Lipinski definition) is 1. The molecule has 1 rings (SSSR count). The molecule has 78 valence electrons. The van der Waals surface area contributed by atoms with Crippen LogP contribution in [0.4, 0.5) is 4.79 Å². The summed E-state index contributed by atoms with van der Waals surface area (Å²) in [6.45, 7) is 3.01. The number of nitrogens with one attached hydrogen (secondary N) is 1. The molecule has 1 saturated heterocycles. The van der Waals surface area contributed by atoms with Gasteiger partial charge in [-0.05, 0) is 6.92 Å². The van der Waals surface area contributed by atoms with Crippen molar-refractivity contribution in [2.45, 2.75) is 20.0 Å². The molecule has 0 aliphatic carbocycles. The Labute approximate surface area is 85.0 Å². The van der Waals surface area contributed by atoms with Gasteiger partial charge in [0.1, 0.15) is 11.1 Å². The molecule has 0 aromatic carbocycles. The van der Waals surface area contributed by atoms with Crippen LogP contribution in [0.1, 0.15) is 13.8 Å². The first-order valence-electron chi connectivity index (χ1n) is 3.90. The zero-order valence-electron chi connectivity index (χ0n) is 7.77. The van der Waals surface area contributed by atoms with Gasteiger partial charge in [0.2, 0.25) is 5.91 Å². The topological polar surface area (TPSA) is 77.0 Å². The predicted molar refractivity (Wildman–Crippen MR) is 50.7 cm³/mol. The Balaban J connectivity index is 2.38. The molecule has 1 unspecified atom stereocenters. The molecule has 6 nitrogen and oxygen atoms in total. The van der Waals surface area contributed by atoms with Crippen molar-refractivity contribution in [2.75, 3.05) is 5.94 Å². The quantitative estimate of drug-likeness (QED) is 0.517. The second-order valence-electron chi connectivity index (χ2n) is 2.56. The Morgan fingerprint density at radius 3 is 2.93 bits per heavy atom. The lowest BCUT2D eigenvalue weighted by molar-refractivity contribution is -0.118. The summed E-state index contributed by atoms with van der Waals surface area (Å²) in [6, 6.07) is 0. The number of oxime groups is 1. The van der Waals surface area contributed by atoms with Gasteiger partial charge in [-0.2, -0.15) is 0 Å². The van der Waals surface area contributed by atoms with E-state index >= 15 is 0 Å². The van der Waals surface area contributed by atoms with E-state index in [9.17, 15) is 9.59 Å². The molecule has 0 spiro atoms. The van der Waals surface area contributed by atoms with Crippen LogP contribution in [0.5, 0.6) is 0 Å². The van der Waals surface area contributed by atoms with Crippen molar-refractivity contribution < 1.29 is 19.2 Å². The van der Waals surface area contributed by atoms with E-state index in [1.54, 1.807) is 6.92 Å². The fourth-order valence-electron chi connectivity index (χ4n) is 0.739. The molecular formula is C7H10N2O4S. The molecule has 0 bridgehead atoms. The molecule has 0 saturated carbocycles. The van der Waals surface area contributed by atoms with Crippen LogP contribution in [-0.2, 0) is 14.4 Å².